The predicted octanol–water partition coefficient (Wildman–Crippen LogP) is 5.52. The van der Waals surface area contributed by atoms with Crippen molar-refractivity contribution < 1.29 is 0 Å². The van der Waals surface area contributed by atoms with Crippen LogP contribution in [0.2, 0.25) is 5.02 Å². The van der Waals surface area contributed by atoms with Crippen LogP contribution < -0.4 is 5.32 Å². The third kappa shape index (κ3) is 5.31. The van der Waals surface area contributed by atoms with E-state index in [-0.39, 0.29) is 0 Å². The molecule has 2 unspecified atom stereocenters. The average molecular weight is 312 g/mol. The van der Waals surface area contributed by atoms with Gasteiger partial charge in [-0.15, -0.1) is 11.8 Å². The van der Waals surface area contributed by atoms with Crippen molar-refractivity contribution in [3.05, 3.63) is 29.3 Å². The van der Waals surface area contributed by atoms with Crippen molar-refractivity contribution in [3.63, 3.8) is 0 Å². The summed E-state index contributed by atoms with van der Waals surface area (Å²) in [5.74, 6) is 0. The second-order valence-corrected chi connectivity index (χ2v) is 7.41. The first-order chi connectivity index (χ1) is 9.79. The monoisotopic (exact) mass is 311 g/mol. The Balaban J connectivity index is 1.99. The highest BCUT2D eigenvalue weighted by atomic mass is 35.5. The van der Waals surface area contributed by atoms with Crippen LogP contribution in [0.25, 0.3) is 0 Å². The lowest BCUT2D eigenvalue weighted by molar-refractivity contribution is 0.400. The molecular formula is C17H26ClNS. The summed E-state index contributed by atoms with van der Waals surface area (Å²) in [6.07, 6.45) is 9.42. The number of hydrogen-bond acceptors (Lipinski definition) is 2. The van der Waals surface area contributed by atoms with Crippen molar-refractivity contribution in [2.24, 2.45) is 0 Å². The Hall–Kier alpha value is -0.180. The smallest absolute Gasteiger partial charge is 0.0406 e. The van der Waals surface area contributed by atoms with Gasteiger partial charge in [-0.25, -0.2) is 0 Å². The Morgan fingerprint density at radius 1 is 1.10 bits per heavy atom. The van der Waals surface area contributed by atoms with Gasteiger partial charge in [-0.2, -0.15) is 0 Å². The molecule has 1 aromatic carbocycles. The first-order valence-corrected chi connectivity index (χ1v) is 9.21. The molecule has 0 bridgehead atoms. The lowest BCUT2D eigenvalue weighted by Crippen LogP contribution is -2.39. The Morgan fingerprint density at radius 2 is 1.80 bits per heavy atom. The largest absolute Gasteiger partial charge is 0.313 e. The fourth-order valence-corrected chi connectivity index (χ4v) is 4.29. The van der Waals surface area contributed by atoms with E-state index in [9.17, 15) is 0 Å². The molecule has 0 amide bonds. The highest BCUT2D eigenvalue weighted by molar-refractivity contribution is 8.00. The van der Waals surface area contributed by atoms with Crippen LogP contribution >= 0.6 is 23.4 Å². The average Bonchev–Trinajstić information content (AvgIpc) is 2.44. The third-order valence-corrected chi connectivity index (χ3v) is 5.62. The van der Waals surface area contributed by atoms with Crippen LogP contribution in [0.15, 0.2) is 29.2 Å². The molecule has 1 N–H and O–H groups in total. The molecule has 0 heterocycles. The third-order valence-electron chi connectivity index (χ3n) is 3.96. The van der Waals surface area contributed by atoms with Gasteiger partial charge in [0.05, 0.1) is 0 Å². The minimum Gasteiger partial charge on any atom is -0.313 e. The van der Waals surface area contributed by atoms with Crippen molar-refractivity contribution in [3.8, 4) is 0 Å². The normalized spacial score (nSPS) is 24.1. The Labute approximate surface area is 132 Å². The molecule has 1 aliphatic carbocycles. The number of nitrogens with one attached hydrogen (secondary N) is 1. The van der Waals surface area contributed by atoms with Crippen molar-refractivity contribution >= 4 is 23.4 Å². The zero-order valence-corrected chi connectivity index (χ0v) is 14.0. The van der Waals surface area contributed by atoms with Gasteiger partial charge in [-0.05, 0) is 50.1 Å². The molecule has 1 saturated carbocycles. The standard InChI is InChI=1S/C17H26ClNS/c1-2-13-19-16-7-5-3-4-6-8-17(16)20-15-11-9-14(18)10-12-15/h9-12,16-17,19H,2-8,13H2,1H3. The molecule has 1 aromatic rings. The molecule has 112 valence electrons. The van der Waals surface area contributed by atoms with Gasteiger partial charge in [0.1, 0.15) is 0 Å². The minimum absolute atomic E-state index is 0.663. The van der Waals surface area contributed by atoms with E-state index in [4.69, 9.17) is 11.6 Å². The van der Waals surface area contributed by atoms with E-state index < -0.39 is 0 Å². The summed E-state index contributed by atoms with van der Waals surface area (Å²) in [4.78, 5) is 1.35. The van der Waals surface area contributed by atoms with Gasteiger partial charge >= 0.3 is 0 Å². The lowest BCUT2D eigenvalue weighted by atomic mass is 9.96. The summed E-state index contributed by atoms with van der Waals surface area (Å²) in [5.41, 5.74) is 0. The maximum absolute atomic E-state index is 5.98. The second-order valence-electron chi connectivity index (χ2n) is 5.66. The van der Waals surface area contributed by atoms with E-state index in [0.717, 1.165) is 11.6 Å². The van der Waals surface area contributed by atoms with Gasteiger partial charge in [0.2, 0.25) is 0 Å². The second kappa shape index (κ2) is 8.96. The van der Waals surface area contributed by atoms with E-state index in [0.29, 0.717) is 11.3 Å². The van der Waals surface area contributed by atoms with E-state index in [1.165, 1.54) is 49.8 Å². The molecular weight excluding hydrogens is 286 g/mol. The fraction of sp³-hybridized carbons (Fsp3) is 0.647. The van der Waals surface area contributed by atoms with Crippen molar-refractivity contribution in [1.29, 1.82) is 0 Å². The van der Waals surface area contributed by atoms with E-state index >= 15 is 0 Å². The molecule has 2 rings (SSSR count). The molecule has 1 nitrogen and oxygen atoms in total. The van der Waals surface area contributed by atoms with Crippen LogP contribution in [0.5, 0.6) is 0 Å². The Morgan fingerprint density at radius 3 is 2.50 bits per heavy atom. The molecule has 0 aromatic heterocycles. The van der Waals surface area contributed by atoms with Gasteiger partial charge in [0.15, 0.2) is 0 Å². The summed E-state index contributed by atoms with van der Waals surface area (Å²) < 4.78 is 0. The number of benzene rings is 1. The van der Waals surface area contributed by atoms with E-state index in [1.807, 2.05) is 23.9 Å². The van der Waals surface area contributed by atoms with Crippen molar-refractivity contribution in [1.82, 2.24) is 5.32 Å². The molecule has 20 heavy (non-hydrogen) atoms. The minimum atomic E-state index is 0.663. The summed E-state index contributed by atoms with van der Waals surface area (Å²) in [5, 5.41) is 5.30. The van der Waals surface area contributed by atoms with Gasteiger partial charge < -0.3 is 5.32 Å². The molecule has 0 saturated heterocycles. The molecule has 1 fully saturated rings. The number of hydrogen-bond donors (Lipinski definition) is 1. The van der Waals surface area contributed by atoms with Gasteiger partial charge in [0.25, 0.3) is 0 Å². The van der Waals surface area contributed by atoms with Crippen LogP contribution in [0.1, 0.15) is 51.9 Å². The van der Waals surface area contributed by atoms with E-state index in [1.54, 1.807) is 0 Å². The molecule has 0 radical (unpaired) electrons. The van der Waals surface area contributed by atoms with Gasteiger partial charge in [-0.3, -0.25) is 0 Å². The number of halogens is 1. The van der Waals surface area contributed by atoms with Crippen LogP contribution in [-0.4, -0.2) is 17.8 Å². The zero-order chi connectivity index (χ0) is 14.2. The fourth-order valence-electron chi connectivity index (χ4n) is 2.84. The van der Waals surface area contributed by atoms with Crippen LogP contribution in [0.4, 0.5) is 0 Å². The SMILES string of the molecule is CCCNC1CCCCCCC1Sc1ccc(Cl)cc1. The van der Waals surface area contributed by atoms with Crippen molar-refractivity contribution in [2.75, 3.05) is 6.54 Å². The summed E-state index contributed by atoms with van der Waals surface area (Å²) in [6.45, 7) is 3.39. The lowest BCUT2D eigenvalue weighted by Gasteiger charge is -2.30. The maximum Gasteiger partial charge on any atom is 0.0406 e. The highest BCUT2D eigenvalue weighted by Gasteiger charge is 2.23. The van der Waals surface area contributed by atoms with Gasteiger partial charge in [0, 0.05) is 21.2 Å². The number of thioether (sulfide) groups is 1. The predicted molar refractivity (Wildman–Crippen MR) is 90.9 cm³/mol. The van der Waals surface area contributed by atoms with E-state index in [2.05, 4.69) is 24.4 Å². The van der Waals surface area contributed by atoms with Gasteiger partial charge in [-0.1, -0.05) is 44.2 Å². The van der Waals surface area contributed by atoms with Crippen LogP contribution in [0, 0.1) is 0 Å². The highest BCUT2D eigenvalue weighted by Crippen LogP contribution is 2.33. The molecule has 2 atom stereocenters. The summed E-state index contributed by atoms with van der Waals surface area (Å²) >= 11 is 8.01. The van der Waals surface area contributed by atoms with Crippen molar-refractivity contribution in [2.45, 2.75) is 68.1 Å². The molecule has 0 spiro atoms. The molecule has 0 aliphatic heterocycles. The summed E-state index contributed by atoms with van der Waals surface area (Å²) in [6, 6.07) is 8.98. The molecule has 1 aliphatic rings. The topological polar surface area (TPSA) is 12.0 Å². The zero-order valence-electron chi connectivity index (χ0n) is 12.4. The number of rotatable bonds is 5. The Kier molecular flexibility index (Phi) is 7.26. The first kappa shape index (κ1) is 16.2. The van der Waals surface area contributed by atoms with Crippen LogP contribution in [-0.2, 0) is 0 Å². The Bertz CT molecular complexity index is 377. The molecule has 3 heteroatoms. The maximum atomic E-state index is 5.98. The quantitative estimate of drug-likeness (QED) is 0.768. The summed E-state index contributed by atoms with van der Waals surface area (Å²) in [7, 11) is 0. The first-order valence-electron chi connectivity index (χ1n) is 7.95. The van der Waals surface area contributed by atoms with Crippen LogP contribution in [0.3, 0.4) is 0 Å².